The zero-order valence-electron chi connectivity index (χ0n) is 10.4. The average molecular weight is 253 g/mol. The predicted octanol–water partition coefficient (Wildman–Crippen LogP) is 2.93. The van der Waals surface area contributed by atoms with E-state index in [0.717, 1.165) is 44.5 Å². The van der Waals surface area contributed by atoms with E-state index >= 15 is 0 Å². The molecule has 0 radical (unpaired) electrons. The van der Waals surface area contributed by atoms with Crippen LogP contribution in [0.4, 0.5) is 8.78 Å². The minimum atomic E-state index is -0.957. The highest BCUT2D eigenvalue weighted by Crippen LogP contribution is 2.36. The lowest BCUT2D eigenvalue weighted by molar-refractivity contribution is 0.0717. The van der Waals surface area contributed by atoms with Crippen molar-refractivity contribution in [1.82, 2.24) is 5.32 Å². The molecule has 0 aromatic heterocycles. The van der Waals surface area contributed by atoms with E-state index in [-0.39, 0.29) is 11.3 Å². The van der Waals surface area contributed by atoms with E-state index in [1.54, 1.807) is 0 Å². The first-order chi connectivity index (χ1) is 8.59. The van der Waals surface area contributed by atoms with Crippen molar-refractivity contribution in [1.29, 1.82) is 0 Å². The van der Waals surface area contributed by atoms with Crippen LogP contribution in [0, 0.1) is 17.0 Å². The molecule has 1 saturated heterocycles. The van der Waals surface area contributed by atoms with Crippen molar-refractivity contribution in [3.63, 3.8) is 0 Å². The van der Waals surface area contributed by atoms with Gasteiger partial charge in [0.1, 0.15) is 0 Å². The average Bonchev–Trinajstić information content (AvgIpc) is 2.42. The van der Waals surface area contributed by atoms with Crippen LogP contribution in [0.5, 0.6) is 0 Å². The van der Waals surface area contributed by atoms with Gasteiger partial charge in [-0.25, -0.2) is 8.78 Å². The molecule has 0 saturated carbocycles. The number of carbonyl (C=O) groups excluding carboxylic acids is 1. The quantitative estimate of drug-likeness (QED) is 0.839. The summed E-state index contributed by atoms with van der Waals surface area (Å²) in [6, 6.07) is 3.41. The Morgan fingerprint density at radius 1 is 1.28 bits per heavy atom. The maximum atomic E-state index is 13.2. The first kappa shape index (κ1) is 13.1. The number of carbonyl (C=O) groups is 1. The number of ketones is 1. The molecule has 4 heteroatoms. The standard InChI is InChI=1S/C14H17F2NO/c1-2-14(5-7-17-8-6-14)13(18)10-3-4-11(15)12(16)9-10/h3-4,9,17H,2,5-8H2,1H3. The van der Waals surface area contributed by atoms with Gasteiger partial charge in [-0.05, 0) is 50.6 Å². The number of hydrogen-bond acceptors (Lipinski definition) is 2. The van der Waals surface area contributed by atoms with Crippen LogP contribution in [0.1, 0.15) is 36.5 Å². The second-order valence-electron chi connectivity index (χ2n) is 4.84. The molecule has 1 aromatic rings. The smallest absolute Gasteiger partial charge is 0.169 e. The van der Waals surface area contributed by atoms with Crippen LogP contribution in [-0.2, 0) is 0 Å². The second-order valence-corrected chi connectivity index (χ2v) is 4.84. The van der Waals surface area contributed by atoms with Gasteiger partial charge >= 0.3 is 0 Å². The fraction of sp³-hybridized carbons (Fsp3) is 0.500. The molecule has 1 aliphatic heterocycles. The van der Waals surface area contributed by atoms with Gasteiger partial charge in [0.15, 0.2) is 17.4 Å². The maximum absolute atomic E-state index is 13.2. The molecule has 0 aliphatic carbocycles. The van der Waals surface area contributed by atoms with Crippen LogP contribution in [-0.4, -0.2) is 18.9 Å². The third-order valence-electron chi connectivity index (χ3n) is 3.90. The van der Waals surface area contributed by atoms with Gasteiger partial charge in [0.2, 0.25) is 0 Å². The summed E-state index contributed by atoms with van der Waals surface area (Å²) >= 11 is 0. The lowest BCUT2D eigenvalue weighted by Crippen LogP contribution is -2.41. The van der Waals surface area contributed by atoms with Crippen LogP contribution >= 0.6 is 0 Å². The fourth-order valence-corrected chi connectivity index (χ4v) is 2.59. The van der Waals surface area contributed by atoms with Crippen LogP contribution in [0.2, 0.25) is 0 Å². The largest absolute Gasteiger partial charge is 0.317 e. The molecular weight excluding hydrogens is 236 g/mol. The minimum Gasteiger partial charge on any atom is -0.317 e. The van der Waals surface area contributed by atoms with Crippen molar-refractivity contribution in [2.75, 3.05) is 13.1 Å². The van der Waals surface area contributed by atoms with E-state index in [4.69, 9.17) is 0 Å². The number of Topliss-reactive ketones (excluding diaryl/α,β-unsaturated/α-hetero) is 1. The molecular formula is C14H17F2NO. The van der Waals surface area contributed by atoms with Gasteiger partial charge in [-0.2, -0.15) is 0 Å². The molecule has 18 heavy (non-hydrogen) atoms. The first-order valence-corrected chi connectivity index (χ1v) is 6.29. The van der Waals surface area contributed by atoms with Gasteiger partial charge in [0, 0.05) is 11.0 Å². The minimum absolute atomic E-state index is 0.0644. The highest BCUT2D eigenvalue weighted by molar-refractivity contribution is 6.00. The molecule has 2 nitrogen and oxygen atoms in total. The zero-order chi connectivity index (χ0) is 13.2. The molecule has 1 heterocycles. The molecule has 0 unspecified atom stereocenters. The summed E-state index contributed by atoms with van der Waals surface area (Å²) in [6.07, 6.45) is 2.23. The number of halogens is 2. The molecule has 0 spiro atoms. The number of piperidine rings is 1. The second kappa shape index (κ2) is 5.14. The molecule has 0 amide bonds. The van der Waals surface area contributed by atoms with E-state index in [1.807, 2.05) is 6.92 Å². The summed E-state index contributed by atoms with van der Waals surface area (Å²) in [5, 5.41) is 3.21. The lowest BCUT2D eigenvalue weighted by atomic mass is 9.71. The van der Waals surface area contributed by atoms with E-state index in [9.17, 15) is 13.6 Å². The van der Waals surface area contributed by atoms with Crippen LogP contribution in [0.15, 0.2) is 18.2 Å². The van der Waals surface area contributed by atoms with Gasteiger partial charge < -0.3 is 5.32 Å². The summed E-state index contributed by atoms with van der Waals surface area (Å²) < 4.78 is 26.1. The Morgan fingerprint density at radius 2 is 1.94 bits per heavy atom. The fourth-order valence-electron chi connectivity index (χ4n) is 2.59. The van der Waals surface area contributed by atoms with E-state index in [1.165, 1.54) is 6.07 Å². The summed E-state index contributed by atoms with van der Waals surface area (Å²) in [6.45, 7) is 3.57. The van der Waals surface area contributed by atoms with Crippen molar-refractivity contribution in [3.05, 3.63) is 35.4 Å². The third-order valence-corrected chi connectivity index (χ3v) is 3.90. The van der Waals surface area contributed by atoms with Gasteiger partial charge in [0.25, 0.3) is 0 Å². The zero-order valence-corrected chi connectivity index (χ0v) is 10.4. The molecule has 1 aromatic carbocycles. The number of hydrogen-bond donors (Lipinski definition) is 1. The summed E-state index contributed by atoms with van der Waals surface area (Å²) in [5.74, 6) is -1.94. The molecule has 2 rings (SSSR count). The Hall–Kier alpha value is -1.29. The summed E-state index contributed by atoms with van der Waals surface area (Å²) in [5.41, 5.74) is -0.146. The Labute approximate surface area is 105 Å². The first-order valence-electron chi connectivity index (χ1n) is 6.29. The number of nitrogens with one attached hydrogen (secondary N) is 1. The summed E-state index contributed by atoms with van der Waals surface area (Å²) in [4.78, 5) is 12.5. The van der Waals surface area contributed by atoms with Gasteiger partial charge in [0.05, 0.1) is 0 Å². The topological polar surface area (TPSA) is 29.1 Å². The van der Waals surface area contributed by atoms with Crippen molar-refractivity contribution in [3.8, 4) is 0 Å². The Kier molecular flexibility index (Phi) is 3.76. The van der Waals surface area contributed by atoms with Gasteiger partial charge in [-0.1, -0.05) is 6.92 Å². The van der Waals surface area contributed by atoms with Gasteiger partial charge in [-0.15, -0.1) is 0 Å². The summed E-state index contributed by atoms with van der Waals surface area (Å²) in [7, 11) is 0. The van der Waals surface area contributed by atoms with Crippen molar-refractivity contribution >= 4 is 5.78 Å². The van der Waals surface area contributed by atoms with Crippen molar-refractivity contribution in [2.24, 2.45) is 5.41 Å². The third kappa shape index (κ3) is 2.29. The predicted molar refractivity (Wildman–Crippen MR) is 65.5 cm³/mol. The van der Waals surface area contributed by atoms with Crippen molar-refractivity contribution < 1.29 is 13.6 Å². The van der Waals surface area contributed by atoms with E-state index in [0.29, 0.717) is 0 Å². The van der Waals surface area contributed by atoms with E-state index in [2.05, 4.69) is 5.32 Å². The Balaban J connectivity index is 2.30. The normalized spacial score (nSPS) is 18.6. The van der Waals surface area contributed by atoms with Crippen LogP contribution < -0.4 is 5.32 Å². The molecule has 0 atom stereocenters. The SMILES string of the molecule is CCC1(C(=O)c2ccc(F)c(F)c2)CCNCC1. The molecule has 0 bridgehead atoms. The van der Waals surface area contributed by atoms with Crippen LogP contribution in [0.3, 0.4) is 0 Å². The Bertz CT molecular complexity index is 453. The highest BCUT2D eigenvalue weighted by atomic mass is 19.2. The Morgan fingerprint density at radius 3 is 2.50 bits per heavy atom. The molecule has 98 valence electrons. The van der Waals surface area contributed by atoms with Crippen molar-refractivity contribution in [2.45, 2.75) is 26.2 Å². The number of benzene rings is 1. The highest BCUT2D eigenvalue weighted by Gasteiger charge is 2.38. The van der Waals surface area contributed by atoms with Crippen LogP contribution in [0.25, 0.3) is 0 Å². The molecule has 1 fully saturated rings. The monoisotopic (exact) mass is 253 g/mol. The maximum Gasteiger partial charge on any atom is 0.169 e. The number of rotatable bonds is 3. The lowest BCUT2D eigenvalue weighted by Gasteiger charge is -2.35. The molecule has 1 aliphatic rings. The van der Waals surface area contributed by atoms with Gasteiger partial charge in [-0.3, -0.25) is 4.79 Å². The van der Waals surface area contributed by atoms with E-state index < -0.39 is 17.0 Å². The molecule has 1 N–H and O–H groups in total.